The Balaban J connectivity index is 1.61. The molecule has 1 amide bonds. The first-order valence-electron chi connectivity index (χ1n) is 7.67. The third kappa shape index (κ3) is 3.73. The molecule has 0 unspecified atom stereocenters. The summed E-state index contributed by atoms with van der Waals surface area (Å²) in [5.41, 5.74) is -0.137. The van der Waals surface area contributed by atoms with Gasteiger partial charge in [0.25, 0.3) is 0 Å². The highest BCUT2D eigenvalue weighted by Gasteiger charge is 2.15. The fraction of sp³-hybridized carbons (Fsp3) is 0.0625. The minimum absolute atomic E-state index is 0.249. The Morgan fingerprint density at radius 3 is 2.78 bits per heavy atom. The van der Waals surface area contributed by atoms with Crippen LogP contribution in [-0.4, -0.2) is 30.1 Å². The lowest BCUT2D eigenvalue weighted by molar-refractivity contribution is -0.117. The maximum absolute atomic E-state index is 13.1. The number of nitrogens with zero attached hydrogens (tertiary/aromatic N) is 5. The molecule has 0 aliphatic carbocycles. The van der Waals surface area contributed by atoms with Crippen molar-refractivity contribution in [3.8, 4) is 0 Å². The molecule has 0 saturated carbocycles. The molecule has 11 heteroatoms. The average molecular weight is 402 g/mol. The second-order valence-corrected chi connectivity index (χ2v) is 7.26. The van der Waals surface area contributed by atoms with Crippen LogP contribution in [0.2, 0.25) is 0 Å². The summed E-state index contributed by atoms with van der Waals surface area (Å²) in [7, 11) is 0. The molecule has 3 heterocycles. The number of carbonyl (C=O) groups is 1. The Bertz CT molecular complexity index is 1150. The van der Waals surface area contributed by atoms with Crippen LogP contribution in [-0.2, 0) is 11.3 Å². The number of hydrogen-bond acceptors (Lipinski definition) is 7. The maximum atomic E-state index is 13.1. The van der Waals surface area contributed by atoms with Gasteiger partial charge in [0, 0.05) is 28.9 Å². The Morgan fingerprint density at radius 2 is 2.04 bits per heavy atom. The molecule has 0 saturated heterocycles. The monoisotopic (exact) mass is 402 g/mol. The van der Waals surface area contributed by atoms with E-state index < -0.39 is 11.6 Å². The van der Waals surface area contributed by atoms with Gasteiger partial charge in [-0.15, -0.1) is 16.4 Å². The van der Waals surface area contributed by atoms with Crippen LogP contribution < -0.4 is 11.0 Å². The molecule has 0 spiro atoms. The van der Waals surface area contributed by atoms with Crippen molar-refractivity contribution < 1.29 is 9.18 Å². The zero-order chi connectivity index (χ0) is 18.8. The summed E-state index contributed by atoms with van der Waals surface area (Å²) in [5, 5.41) is 9.49. The predicted octanol–water partition coefficient (Wildman–Crippen LogP) is 2.28. The van der Waals surface area contributed by atoms with E-state index in [0.29, 0.717) is 15.8 Å². The topological polar surface area (TPSA) is 94.2 Å². The fourth-order valence-corrected chi connectivity index (χ4v) is 3.68. The molecule has 3 aromatic heterocycles. The Labute approximate surface area is 159 Å². The number of anilines is 1. The molecule has 4 rings (SSSR count). The van der Waals surface area contributed by atoms with Crippen molar-refractivity contribution in [1.29, 1.82) is 0 Å². The van der Waals surface area contributed by atoms with E-state index in [-0.39, 0.29) is 12.4 Å². The number of rotatable bonds is 5. The van der Waals surface area contributed by atoms with Crippen LogP contribution in [0.15, 0.2) is 63.0 Å². The van der Waals surface area contributed by atoms with E-state index in [4.69, 9.17) is 0 Å². The van der Waals surface area contributed by atoms with Gasteiger partial charge in [0.15, 0.2) is 10.8 Å². The number of halogens is 1. The summed E-state index contributed by atoms with van der Waals surface area (Å²) in [6, 6.07) is 5.91. The van der Waals surface area contributed by atoms with Gasteiger partial charge >= 0.3 is 5.69 Å². The van der Waals surface area contributed by atoms with E-state index in [1.54, 1.807) is 23.7 Å². The first-order chi connectivity index (χ1) is 13.1. The number of hydrogen-bond donors (Lipinski definition) is 1. The molecule has 1 N–H and O–H groups in total. The molecule has 0 atom stereocenters. The first kappa shape index (κ1) is 17.4. The van der Waals surface area contributed by atoms with Crippen molar-refractivity contribution in [2.45, 2.75) is 16.5 Å². The van der Waals surface area contributed by atoms with Gasteiger partial charge in [0.2, 0.25) is 5.91 Å². The molecule has 0 aliphatic heterocycles. The van der Waals surface area contributed by atoms with Gasteiger partial charge in [-0.2, -0.15) is 0 Å². The zero-order valence-electron chi connectivity index (χ0n) is 13.6. The lowest BCUT2D eigenvalue weighted by Crippen LogP contribution is -2.28. The Morgan fingerprint density at radius 1 is 1.22 bits per heavy atom. The van der Waals surface area contributed by atoms with Crippen molar-refractivity contribution in [3.05, 3.63) is 64.5 Å². The summed E-state index contributed by atoms with van der Waals surface area (Å²) in [4.78, 5) is 33.6. The maximum Gasteiger partial charge on any atom is 0.350 e. The van der Waals surface area contributed by atoms with Crippen LogP contribution in [0.5, 0.6) is 0 Å². The van der Waals surface area contributed by atoms with Crippen molar-refractivity contribution in [3.63, 3.8) is 0 Å². The Kier molecular flexibility index (Phi) is 4.69. The molecule has 1 aromatic carbocycles. The molecule has 0 radical (unpaired) electrons. The second kappa shape index (κ2) is 7.29. The van der Waals surface area contributed by atoms with E-state index in [2.05, 4.69) is 20.4 Å². The summed E-state index contributed by atoms with van der Waals surface area (Å²) in [6.07, 6.45) is 4.53. The highest BCUT2D eigenvalue weighted by molar-refractivity contribution is 7.99. The number of aromatic nitrogens is 5. The lowest BCUT2D eigenvalue weighted by Gasteiger charge is -2.01. The molecule has 4 aromatic rings. The SMILES string of the molecule is O=C(Cn1nc2c(Sc3ccc(F)cc3)nccn2c1=O)Nc1nccs1. The quantitative estimate of drug-likeness (QED) is 0.550. The van der Waals surface area contributed by atoms with Crippen LogP contribution in [0.25, 0.3) is 5.65 Å². The van der Waals surface area contributed by atoms with E-state index in [0.717, 1.165) is 9.58 Å². The van der Waals surface area contributed by atoms with Crippen molar-refractivity contribution in [2.24, 2.45) is 0 Å². The third-order valence-corrected chi connectivity index (χ3v) is 5.15. The molecule has 0 aliphatic rings. The third-order valence-electron chi connectivity index (χ3n) is 3.47. The fourth-order valence-electron chi connectivity index (χ4n) is 2.30. The van der Waals surface area contributed by atoms with Crippen LogP contribution in [0.3, 0.4) is 0 Å². The Hall–Kier alpha value is -3.05. The van der Waals surface area contributed by atoms with Crippen LogP contribution in [0, 0.1) is 5.82 Å². The highest BCUT2D eigenvalue weighted by atomic mass is 32.2. The van der Waals surface area contributed by atoms with E-state index in [1.165, 1.54) is 52.0 Å². The first-order valence-corrected chi connectivity index (χ1v) is 9.37. The summed E-state index contributed by atoms with van der Waals surface area (Å²) < 4.78 is 15.4. The molecular weight excluding hydrogens is 391 g/mol. The smallest absolute Gasteiger partial charge is 0.300 e. The molecule has 8 nitrogen and oxygen atoms in total. The number of thiazole rings is 1. The number of fused-ring (bicyclic) bond motifs is 1. The number of benzene rings is 1. The van der Waals surface area contributed by atoms with Gasteiger partial charge in [-0.3, -0.25) is 4.79 Å². The molecule has 27 heavy (non-hydrogen) atoms. The second-order valence-electron chi connectivity index (χ2n) is 5.31. The minimum Gasteiger partial charge on any atom is -0.300 e. The van der Waals surface area contributed by atoms with Crippen molar-refractivity contribution >= 4 is 39.8 Å². The van der Waals surface area contributed by atoms with Crippen molar-refractivity contribution in [2.75, 3.05) is 5.32 Å². The van der Waals surface area contributed by atoms with Crippen LogP contribution >= 0.6 is 23.1 Å². The van der Waals surface area contributed by atoms with Crippen LogP contribution in [0.4, 0.5) is 9.52 Å². The minimum atomic E-state index is -0.456. The van der Waals surface area contributed by atoms with Gasteiger partial charge < -0.3 is 5.32 Å². The van der Waals surface area contributed by atoms with Gasteiger partial charge in [-0.05, 0) is 24.3 Å². The van der Waals surface area contributed by atoms with E-state index in [9.17, 15) is 14.0 Å². The largest absolute Gasteiger partial charge is 0.350 e. The average Bonchev–Trinajstić information content (AvgIpc) is 3.27. The molecular formula is C16H11FN6O2S2. The standard InChI is InChI=1S/C16H11FN6O2S2/c17-10-1-3-11(4-2-10)27-14-13-21-23(16(25)22(13)7-5-18-14)9-12(24)20-15-19-6-8-26-15/h1-8H,9H2,(H,19,20,24). The number of nitrogens with one attached hydrogen (secondary N) is 1. The predicted molar refractivity (Wildman–Crippen MR) is 98.5 cm³/mol. The summed E-state index contributed by atoms with van der Waals surface area (Å²) in [5.74, 6) is -0.742. The number of carbonyl (C=O) groups excluding carboxylic acids is 1. The number of amides is 1. The lowest BCUT2D eigenvalue weighted by atomic mass is 10.4. The van der Waals surface area contributed by atoms with E-state index >= 15 is 0 Å². The van der Waals surface area contributed by atoms with Gasteiger partial charge in [-0.1, -0.05) is 11.8 Å². The zero-order valence-corrected chi connectivity index (χ0v) is 15.2. The molecule has 136 valence electrons. The summed E-state index contributed by atoms with van der Waals surface area (Å²) in [6.45, 7) is -0.249. The van der Waals surface area contributed by atoms with Gasteiger partial charge in [0.1, 0.15) is 17.4 Å². The van der Waals surface area contributed by atoms with Gasteiger partial charge in [-0.25, -0.2) is 28.2 Å². The van der Waals surface area contributed by atoms with E-state index in [1.807, 2.05) is 0 Å². The van der Waals surface area contributed by atoms with Gasteiger partial charge in [0.05, 0.1) is 0 Å². The van der Waals surface area contributed by atoms with Crippen molar-refractivity contribution in [1.82, 2.24) is 24.1 Å². The summed E-state index contributed by atoms with van der Waals surface area (Å²) >= 11 is 2.53. The van der Waals surface area contributed by atoms with Crippen LogP contribution in [0.1, 0.15) is 0 Å². The normalized spacial score (nSPS) is 11.0. The molecule has 0 fully saturated rings. The molecule has 0 bridgehead atoms. The highest BCUT2D eigenvalue weighted by Crippen LogP contribution is 2.27.